The predicted octanol–water partition coefficient (Wildman–Crippen LogP) is 5.02. The molecule has 0 aliphatic carbocycles. The smallest absolute Gasteiger partial charge is 0.282 e. The second-order valence-electron chi connectivity index (χ2n) is 4.32. The van der Waals surface area contributed by atoms with Gasteiger partial charge >= 0.3 is 0 Å². The summed E-state index contributed by atoms with van der Waals surface area (Å²) >= 11 is 1.01. The third-order valence-corrected chi connectivity index (χ3v) is 3.64. The van der Waals surface area contributed by atoms with Crippen LogP contribution in [0.4, 0.5) is 4.79 Å². The molecular weight excluding hydrogens is 258 g/mol. The van der Waals surface area contributed by atoms with Crippen molar-refractivity contribution < 1.29 is 9.59 Å². The van der Waals surface area contributed by atoms with E-state index in [1.807, 2.05) is 19.9 Å². The molecule has 0 bridgehead atoms. The number of unbranched alkanes of at least 4 members (excludes halogenated alkanes) is 7. The summed E-state index contributed by atoms with van der Waals surface area (Å²) in [5, 5.41) is 2.01. The molecule has 19 heavy (non-hydrogen) atoms. The molecule has 3 nitrogen and oxygen atoms in total. The zero-order valence-electron chi connectivity index (χ0n) is 12.5. The minimum atomic E-state index is -0.249. The topological polar surface area (TPSA) is 46.2 Å². The number of nitrogens with one attached hydrogen (secondary N) is 1. The van der Waals surface area contributed by atoms with Crippen LogP contribution in [-0.2, 0) is 4.79 Å². The Morgan fingerprint density at radius 2 is 1.58 bits per heavy atom. The molecule has 0 spiro atoms. The molecule has 0 atom stereocenters. The molecule has 1 aliphatic heterocycles. The summed E-state index contributed by atoms with van der Waals surface area (Å²) in [6.45, 7) is 6.22. The summed E-state index contributed by atoms with van der Waals surface area (Å²) in [6, 6.07) is 0. The lowest BCUT2D eigenvalue weighted by Crippen LogP contribution is -2.17. The first-order valence-corrected chi connectivity index (χ1v) is 8.29. The van der Waals surface area contributed by atoms with Crippen molar-refractivity contribution in [2.75, 3.05) is 0 Å². The van der Waals surface area contributed by atoms with E-state index in [4.69, 9.17) is 0 Å². The van der Waals surface area contributed by atoms with Crippen molar-refractivity contribution in [3.05, 3.63) is 11.0 Å². The Labute approximate surface area is 121 Å². The van der Waals surface area contributed by atoms with Crippen molar-refractivity contribution in [2.24, 2.45) is 0 Å². The number of carbonyl (C=O) groups excluding carboxylic acids is 2. The van der Waals surface area contributed by atoms with Crippen molar-refractivity contribution in [1.82, 2.24) is 5.32 Å². The highest BCUT2D eigenvalue weighted by Gasteiger charge is 2.24. The van der Waals surface area contributed by atoms with Crippen molar-refractivity contribution in [2.45, 2.75) is 72.1 Å². The maximum atomic E-state index is 11.2. The maximum Gasteiger partial charge on any atom is 0.290 e. The summed E-state index contributed by atoms with van der Waals surface area (Å²) in [7, 11) is 0. The Hall–Kier alpha value is -0.770. The van der Waals surface area contributed by atoms with Gasteiger partial charge < -0.3 is 0 Å². The maximum absolute atomic E-state index is 11.2. The van der Waals surface area contributed by atoms with Gasteiger partial charge in [-0.25, -0.2) is 0 Å². The molecule has 0 unspecified atom stereocenters. The molecule has 1 fully saturated rings. The van der Waals surface area contributed by atoms with Gasteiger partial charge in [0.15, 0.2) is 0 Å². The largest absolute Gasteiger partial charge is 0.290 e. The fraction of sp³-hybridized carbons (Fsp3) is 0.733. The van der Waals surface area contributed by atoms with Crippen LogP contribution in [0.2, 0.25) is 0 Å². The molecule has 0 aromatic heterocycles. The Bertz CT molecular complexity index is 301. The number of hydrogen-bond acceptors (Lipinski definition) is 3. The Kier molecular flexibility index (Phi) is 11.8. The number of imide groups is 1. The van der Waals surface area contributed by atoms with E-state index in [1.54, 1.807) is 0 Å². The minimum Gasteiger partial charge on any atom is -0.282 e. The Morgan fingerprint density at radius 1 is 1.00 bits per heavy atom. The van der Waals surface area contributed by atoms with Crippen LogP contribution in [0.1, 0.15) is 72.1 Å². The monoisotopic (exact) mass is 285 g/mol. The molecule has 4 heteroatoms. The van der Waals surface area contributed by atoms with Crippen LogP contribution in [0.15, 0.2) is 11.0 Å². The lowest BCUT2D eigenvalue weighted by Gasteiger charge is -1.99. The number of allylic oxidation sites excluding steroid dienone is 1. The van der Waals surface area contributed by atoms with Gasteiger partial charge in [0.1, 0.15) is 0 Å². The highest BCUT2D eigenvalue weighted by molar-refractivity contribution is 8.18. The standard InChI is InChI=1S/C13H21NO2S.C2H6/c1-2-3-4-5-6-7-8-9-10-11-12(15)14-13(16)17-11;1-2/h10H,2-9H2,1H3,(H,14,15,16);1-2H3/b11-10-;. The molecule has 1 N–H and O–H groups in total. The molecule has 0 radical (unpaired) electrons. The van der Waals surface area contributed by atoms with E-state index in [-0.39, 0.29) is 11.1 Å². The first kappa shape index (κ1) is 18.2. The molecule has 1 heterocycles. The number of rotatable bonds is 8. The van der Waals surface area contributed by atoms with E-state index in [0.29, 0.717) is 4.91 Å². The summed E-state index contributed by atoms with van der Waals surface area (Å²) in [5.41, 5.74) is 0. The van der Waals surface area contributed by atoms with Crippen molar-refractivity contribution in [3.63, 3.8) is 0 Å². The van der Waals surface area contributed by atoms with Crippen molar-refractivity contribution >= 4 is 22.9 Å². The molecule has 2 amide bonds. The number of thioether (sulfide) groups is 1. The summed E-state index contributed by atoms with van der Waals surface area (Å²) in [5.74, 6) is -0.233. The zero-order chi connectivity index (χ0) is 14.5. The summed E-state index contributed by atoms with van der Waals surface area (Å²) in [6.07, 6.45) is 11.7. The number of amides is 2. The molecule has 1 rings (SSSR count). The molecule has 1 aliphatic rings. The Balaban J connectivity index is 0.00000154. The quantitative estimate of drug-likeness (QED) is 0.503. The van der Waals surface area contributed by atoms with E-state index in [9.17, 15) is 9.59 Å². The molecule has 0 saturated carbocycles. The SMILES string of the molecule is CC.CCCCCCCCC/C=C1\SC(=O)NC1=O. The summed E-state index contributed by atoms with van der Waals surface area (Å²) < 4.78 is 0. The highest BCUT2D eigenvalue weighted by atomic mass is 32.2. The van der Waals surface area contributed by atoms with Gasteiger partial charge in [0.05, 0.1) is 4.91 Å². The van der Waals surface area contributed by atoms with Gasteiger partial charge in [-0.3, -0.25) is 14.9 Å². The molecule has 0 aromatic carbocycles. The van der Waals surface area contributed by atoms with E-state index in [0.717, 1.165) is 24.6 Å². The van der Waals surface area contributed by atoms with Crippen LogP contribution in [-0.4, -0.2) is 11.1 Å². The van der Waals surface area contributed by atoms with Crippen molar-refractivity contribution in [1.29, 1.82) is 0 Å². The summed E-state index contributed by atoms with van der Waals surface area (Å²) in [4.78, 5) is 22.7. The van der Waals surface area contributed by atoms with Gasteiger partial charge in [0.2, 0.25) is 0 Å². The predicted molar refractivity (Wildman–Crippen MR) is 83.2 cm³/mol. The molecule has 110 valence electrons. The van der Waals surface area contributed by atoms with Crippen LogP contribution in [0.3, 0.4) is 0 Å². The second-order valence-corrected chi connectivity index (χ2v) is 5.34. The minimum absolute atomic E-state index is 0.233. The lowest BCUT2D eigenvalue weighted by molar-refractivity contribution is -0.115. The molecular formula is C15H27NO2S. The fourth-order valence-corrected chi connectivity index (χ4v) is 2.48. The lowest BCUT2D eigenvalue weighted by atomic mass is 10.1. The van der Waals surface area contributed by atoms with Gasteiger partial charge in [0.25, 0.3) is 11.1 Å². The molecule has 1 saturated heterocycles. The van der Waals surface area contributed by atoms with Crippen molar-refractivity contribution in [3.8, 4) is 0 Å². The molecule has 0 aromatic rings. The Morgan fingerprint density at radius 3 is 2.11 bits per heavy atom. The van der Waals surface area contributed by atoms with E-state index >= 15 is 0 Å². The second kappa shape index (κ2) is 12.3. The highest BCUT2D eigenvalue weighted by Crippen LogP contribution is 2.23. The number of hydrogen-bond donors (Lipinski definition) is 1. The van der Waals surface area contributed by atoms with E-state index in [2.05, 4.69) is 12.2 Å². The van der Waals surface area contributed by atoms with Crippen LogP contribution >= 0.6 is 11.8 Å². The number of carbonyl (C=O) groups is 2. The first-order chi connectivity index (χ1) is 9.24. The van der Waals surface area contributed by atoms with E-state index < -0.39 is 0 Å². The van der Waals surface area contributed by atoms with Gasteiger partial charge in [0, 0.05) is 0 Å². The zero-order valence-corrected chi connectivity index (χ0v) is 13.3. The third-order valence-electron chi connectivity index (χ3n) is 2.78. The van der Waals surface area contributed by atoms with Crippen LogP contribution < -0.4 is 5.32 Å². The third kappa shape index (κ3) is 8.87. The first-order valence-electron chi connectivity index (χ1n) is 7.47. The van der Waals surface area contributed by atoms with Gasteiger partial charge in [-0.1, -0.05) is 65.4 Å². The van der Waals surface area contributed by atoms with Gasteiger partial charge in [-0.2, -0.15) is 0 Å². The normalized spacial score (nSPS) is 16.3. The van der Waals surface area contributed by atoms with E-state index in [1.165, 1.54) is 38.5 Å². The van der Waals surface area contributed by atoms with Gasteiger partial charge in [-0.15, -0.1) is 0 Å². The van der Waals surface area contributed by atoms with Crippen LogP contribution in [0.25, 0.3) is 0 Å². The van der Waals surface area contributed by atoms with Crippen LogP contribution in [0, 0.1) is 0 Å². The average Bonchev–Trinajstić information content (AvgIpc) is 2.73. The van der Waals surface area contributed by atoms with Gasteiger partial charge in [-0.05, 0) is 24.6 Å². The van der Waals surface area contributed by atoms with Crippen LogP contribution in [0.5, 0.6) is 0 Å². The average molecular weight is 285 g/mol. The fourth-order valence-electron chi connectivity index (χ4n) is 1.79.